The Hall–Kier alpha value is -1.59. The van der Waals surface area contributed by atoms with Gasteiger partial charge < -0.3 is 14.2 Å². The van der Waals surface area contributed by atoms with E-state index in [1.54, 1.807) is 0 Å². The predicted octanol–water partition coefficient (Wildman–Crippen LogP) is 18.2. The topological polar surface area (TPSA) is 78.9 Å². The molecule has 0 amide bonds. The molecule has 6 nitrogen and oxygen atoms in total. The minimum atomic E-state index is -0.761. The molecule has 0 aliphatic heterocycles. The van der Waals surface area contributed by atoms with Crippen LogP contribution in [0.2, 0.25) is 0 Å². The second kappa shape index (κ2) is 50.4. The van der Waals surface area contributed by atoms with Crippen molar-refractivity contribution in [3.8, 4) is 0 Å². The molecule has 0 radical (unpaired) electrons. The van der Waals surface area contributed by atoms with E-state index in [0.717, 1.165) is 63.7 Å². The van der Waals surface area contributed by atoms with E-state index in [4.69, 9.17) is 14.2 Å². The predicted molar refractivity (Wildman–Crippen MR) is 266 cm³/mol. The van der Waals surface area contributed by atoms with Gasteiger partial charge in [0.05, 0.1) is 0 Å². The number of esters is 3. The number of hydrogen-bond acceptors (Lipinski definition) is 6. The Morgan fingerprint density at radius 2 is 0.532 bits per heavy atom. The molecule has 62 heavy (non-hydrogen) atoms. The zero-order chi connectivity index (χ0) is 45.2. The first-order valence-corrected chi connectivity index (χ1v) is 27.9. The van der Waals surface area contributed by atoms with Crippen molar-refractivity contribution in [1.29, 1.82) is 0 Å². The van der Waals surface area contributed by atoms with E-state index in [1.807, 2.05) is 0 Å². The highest BCUT2D eigenvalue weighted by atomic mass is 16.6. The molecule has 0 rings (SSSR count). The number of unbranched alkanes of at least 4 members (excludes halogenated alkanes) is 38. The smallest absolute Gasteiger partial charge is 0.306 e. The summed E-state index contributed by atoms with van der Waals surface area (Å²) in [6, 6.07) is 0. The van der Waals surface area contributed by atoms with Crippen LogP contribution in [0.3, 0.4) is 0 Å². The molecule has 368 valence electrons. The zero-order valence-electron chi connectivity index (χ0n) is 42.3. The zero-order valence-corrected chi connectivity index (χ0v) is 42.3. The maximum atomic E-state index is 12.8. The normalized spacial score (nSPS) is 12.0. The van der Waals surface area contributed by atoms with Gasteiger partial charge in [-0.15, -0.1) is 0 Å². The maximum Gasteiger partial charge on any atom is 0.306 e. The van der Waals surface area contributed by atoms with Crippen LogP contribution in [0.15, 0.2) is 0 Å². The first-order valence-electron chi connectivity index (χ1n) is 27.9. The van der Waals surface area contributed by atoms with Gasteiger partial charge in [0.15, 0.2) is 6.10 Å². The minimum absolute atomic E-state index is 0.0622. The number of rotatable bonds is 51. The van der Waals surface area contributed by atoms with Gasteiger partial charge in [-0.25, -0.2) is 0 Å². The van der Waals surface area contributed by atoms with E-state index in [1.165, 1.54) is 212 Å². The highest BCUT2D eigenvalue weighted by molar-refractivity contribution is 5.71. The number of carbonyl (C=O) groups excluding carboxylic acids is 3. The maximum absolute atomic E-state index is 12.8. The fourth-order valence-corrected chi connectivity index (χ4v) is 8.57. The summed E-state index contributed by atoms with van der Waals surface area (Å²) >= 11 is 0. The van der Waals surface area contributed by atoms with Crippen LogP contribution in [0.1, 0.15) is 317 Å². The summed E-state index contributed by atoms with van der Waals surface area (Å²) in [7, 11) is 0. The molecule has 0 aliphatic rings. The molecule has 0 aliphatic carbocycles. The van der Waals surface area contributed by atoms with E-state index in [2.05, 4.69) is 27.7 Å². The molecule has 0 aromatic heterocycles. The van der Waals surface area contributed by atoms with Gasteiger partial charge in [-0.1, -0.05) is 278 Å². The summed E-state index contributed by atoms with van der Waals surface area (Å²) in [4.78, 5) is 38.0. The van der Waals surface area contributed by atoms with Gasteiger partial charge in [-0.2, -0.15) is 0 Å². The quantitative estimate of drug-likeness (QED) is 0.0344. The van der Waals surface area contributed by atoms with Gasteiger partial charge in [0.2, 0.25) is 0 Å². The third kappa shape index (κ3) is 49.4. The lowest BCUT2D eigenvalue weighted by Gasteiger charge is -2.18. The molecule has 0 unspecified atom stereocenters. The highest BCUT2D eigenvalue weighted by Gasteiger charge is 2.19. The minimum Gasteiger partial charge on any atom is -0.462 e. The van der Waals surface area contributed by atoms with Crippen molar-refractivity contribution in [2.75, 3.05) is 13.2 Å². The molecule has 0 aromatic rings. The third-order valence-corrected chi connectivity index (χ3v) is 12.8. The Kier molecular flexibility index (Phi) is 49.1. The average Bonchev–Trinajstić information content (AvgIpc) is 3.26. The Morgan fingerprint density at radius 3 is 0.790 bits per heavy atom. The summed E-state index contributed by atoms with van der Waals surface area (Å²) in [5.41, 5.74) is 0. The van der Waals surface area contributed by atoms with E-state index >= 15 is 0 Å². The fraction of sp³-hybridized carbons (Fsp3) is 0.946. The Morgan fingerprint density at radius 1 is 0.306 bits per heavy atom. The average molecular weight is 877 g/mol. The molecule has 1 atom stereocenters. The molecule has 0 heterocycles. The Balaban J connectivity index is 4.26. The molecule has 0 aromatic carbocycles. The van der Waals surface area contributed by atoms with Crippen molar-refractivity contribution in [1.82, 2.24) is 0 Å². The van der Waals surface area contributed by atoms with Crippen molar-refractivity contribution < 1.29 is 28.6 Å². The first kappa shape index (κ1) is 60.4. The van der Waals surface area contributed by atoms with Crippen molar-refractivity contribution in [2.24, 2.45) is 5.92 Å². The van der Waals surface area contributed by atoms with Crippen LogP contribution in [-0.4, -0.2) is 37.2 Å². The van der Waals surface area contributed by atoms with Gasteiger partial charge in [-0.3, -0.25) is 14.4 Å². The Labute approximate surface area is 387 Å². The summed E-state index contributed by atoms with van der Waals surface area (Å²) < 4.78 is 16.9. The second-order valence-electron chi connectivity index (χ2n) is 19.7. The fourth-order valence-electron chi connectivity index (χ4n) is 8.57. The van der Waals surface area contributed by atoms with Gasteiger partial charge >= 0.3 is 17.9 Å². The molecule has 6 heteroatoms. The standard InChI is InChI=1S/C56H108O6/c1-5-7-9-11-13-15-17-19-20-21-22-23-24-28-31-35-39-43-47-54(57)60-50-53(62-56(59)49-45-41-37-33-27-18-16-14-12-10-8-6-2)51-61-55(58)48-44-40-36-32-29-25-26-30-34-38-42-46-52(3)4/h52-53H,5-51H2,1-4H3/t53-/m0/s1. The van der Waals surface area contributed by atoms with Crippen LogP contribution >= 0.6 is 0 Å². The van der Waals surface area contributed by atoms with Crippen molar-refractivity contribution >= 4 is 17.9 Å². The molecule has 0 N–H and O–H groups in total. The van der Waals surface area contributed by atoms with Crippen molar-refractivity contribution in [3.05, 3.63) is 0 Å². The number of carbonyl (C=O) groups is 3. The van der Waals surface area contributed by atoms with Crippen molar-refractivity contribution in [2.45, 2.75) is 323 Å². The van der Waals surface area contributed by atoms with Crippen LogP contribution < -0.4 is 0 Å². The summed E-state index contributed by atoms with van der Waals surface area (Å²) in [5, 5.41) is 0. The van der Waals surface area contributed by atoms with Gasteiger partial charge in [-0.05, 0) is 25.2 Å². The lowest BCUT2D eigenvalue weighted by Crippen LogP contribution is -2.30. The molecule has 0 spiro atoms. The summed E-state index contributed by atoms with van der Waals surface area (Å²) in [6.45, 7) is 9.04. The van der Waals surface area contributed by atoms with Crippen LogP contribution in [0.25, 0.3) is 0 Å². The van der Waals surface area contributed by atoms with E-state index in [-0.39, 0.29) is 31.1 Å². The lowest BCUT2D eigenvalue weighted by molar-refractivity contribution is -0.167. The van der Waals surface area contributed by atoms with Gasteiger partial charge in [0, 0.05) is 19.3 Å². The van der Waals surface area contributed by atoms with Crippen LogP contribution in [0, 0.1) is 5.92 Å². The molecule has 0 bridgehead atoms. The van der Waals surface area contributed by atoms with Crippen LogP contribution in [0.5, 0.6) is 0 Å². The molecular formula is C56H108O6. The lowest BCUT2D eigenvalue weighted by atomic mass is 10.0. The second-order valence-corrected chi connectivity index (χ2v) is 19.7. The SMILES string of the molecule is CCCCCCCCCCCCCCCCCCCCC(=O)OC[C@@H](COC(=O)CCCCCCCCCCCCCC(C)C)OC(=O)CCCCCCCCCCCCCC. The summed E-state index contributed by atoms with van der Waals surface area (Å²) in [5.74, 6) is -0.0125. The summed E-state index contributed by atoms with van der Waals surface area (Å²) in [6.07, 6.45) is 53.8. The first-order chi connectivity index (χ1) is 30.4. The van der Waals surface area contributed by atoms with Crippen LogP contribution in [0.4, 0.5) is 0 Å². The van der Waals surface area contributed by atoms with E-state index < -0.39 is 6.10 Å². The molecule has 0 saturated heterocycles. The monoisotopic (exact) mass is 877 g/mol. The molecule has 0 saturated carbocycles. The Bertz CT molecular complexity index is 933. The van der Waals surface area contributed by atoms with Crippen molar-refractivity contribution in [3.63, 3.8) is 0 Å². The van der Waals surface area contributed by atoms with E-state index in [9.17, 15) is 14.4 Å². The van der Waals surface area contributed by atoms with Gasteiger partial charge in [0.1, 0.15) is 13.2 Å². The van der Waals surface area contributed by atoms with Gasteiger partial charge in [0.25, 0.3) is 0 Å². The molecular weight excluding hydrogens is 769 g/mol. The highest BCUT2D eigenvalue weighted by Crippen LogP contribution is 2.18. The third-order valence-electron chi connectivity index (χ3n) is 12.8. The van der Waals surface area contributed by atoms with Crippen LogP contribution in [-0.2, 0) is 28.6 Å². The largest absolute Gasteiger partial charge is 0.462 e. The van der Waals surface area contributed by atoms with E-state index in [0.29, 0.717) is 19.3 Å². The molecule has 0 fully saturated rings. The number of hydrogen-bond donors (Lipinski definition) is 0. The number of ether oxygens (including phenoxy) is 3.